The molecule has 0 bridgehead atoms. The van der Waals surface area contributed by atoms with Crippen LogP contribution in [0.15, 0.2) is 48.5 Å². The van der Waals surface area contributed by atoms with Gasteiger partial charge in [-0.1, -0.05) is 35.9 Å². The Morgan fingerprint density at radius 1 is 1.03 bits per heavy atom. The molecule has 0 aliphatic heterocycles. The van der Waals surface area contributed by atoms with E-state index in [2.05, 4.69) is 25.9 Å². The van der Waals surface area contributed by atoms with Gasteiger partial charge in [-0.05, 0) is 39.0 Å². The van der Waals surface area contributed by atoms with Crippen LogP contribution in [0.25, 0.3) is 16.6 Å². The topological polar surface area (TPSA) is 131 Å². The molecule has 0 saturated carbocycles. The van der Waals surface area contributed by atoms with E-state index < -0.39 is 24.4 Å². The molecule has 2 heterocycles. The number of nitrogens with one attached hydrogen (secondary N) is 3. The molecule has 3 N–H and O–H groups in total. The molecule has 35 heavy (non-hydrogen) atoms. The van der Waals surface area contributed by atoms with Crippen LogP contribution in [0.1, 0.15) is 33.9 Å². The second kappa shape index (κ2) is 10.2. The molecule has 10 heteroatoms. The zero-order valence-electron chi connectivity index (χ0n) is 19.7. The van der Waals surface area contributed by atoms with Gasteiger partial charge in [-0.15, -0.1) is 0 Å². The van der Waals surface area contributed by atoms with E-state index in [1.54, 1.807) is 17.7 Å². The first-order valence-corrected chi connectivity index (χ1v) is 11.1. The molecule has 2 amide bonds. The van der Waals surface area contributed by atoms with Crippen LogP contribution in [-0.4, -0.2) is 50.9 Å². The van der Waals surface area contributed by atoms with Gasteiger partial charge in [-0.25, -0.2) is 4.68 Å². The minimum Gasteiger partial charge on any atom is -0.456 e. The van der Waals surface area contributed by atoms with E-state index in [1.807, 2.05) is 56.3 Å². The molecule has 0 atom stereocenters. The first-order chi connectivity index (χ1) is 16.8. The van der Waals surface area contributed by atoms with Crippen molar-refractivity contribution in [1.82, 2.24) is 25.3 Å². The molecule has 0 spiro atoms. The van der Waals surface area contributed by atoms with Crippen LogP contribution in [0.4, 0.5) is 5.69 Å². The summed E-state index contributed by atoms with van der Waals surface area (Å²) in [5.41, 5.74) is 5.01. The number of aryl methyl sites for hydroxylation is 2. The maximum Gasteiger partial charge on any atom is 0.308 e. The molecule has 180 valence electrons. The van der Waals surface area contributed by atoms with E-state index in [1.165, 1.54) is 0 Å². The van der Waals surface area contributed by atoms with Crippen LogP contribution >= 0.6 is 0 Å². The SMILES string of the molecule is Cc1ccc(-n2nc(C)c(NC(=O)COC(=O)CCNC(=O)c3n[nH]c4ccccc34)c2C)cc1. The Labute approximate surface area is 201 Å². The molecule has 0 unspecified atom stereocenters. The van der Waals surface area contributed by atoms with Gasteiger partial charge < -0.3 is 15.4 Å². The summed E-state index contributed by atoms with van der Waals surface area (Å²) < 4.78 is 6.80. The molecular formula is C25H26N6O4. The fraction of sp³-hybridized carbons (Fsp3) is 0.240. The van der Waals surface area contributed by atoms with Gasteiger partial charge in [0.1, 0.15) is 0 Å². The van der Waals surface area contributed by atoms with Gasteiger partial charge in [-0.3, -0.25) is 19.5 Å². The molecular weight excluding hydrogens is 448 g/mol. The first-order valence-electron chi connectivity index (χ1n) is 11.1. The Balaban J connectivity index is 1.25. The smallest absolute Gasteiger partial charge is 0.308 e. The van der Waals surface area contributed by atoms with Crippen molar-refractivity contribution in [2.45, 2.75) is 27.2 Å². The lowest BCUT2D eigenvalue weighted by Gasteiger charge is -2.08. The summed E-state index contributed by atoms with van der Waals surface area (Å²) >= 11 is 0. The lowest BCUT2D eigenvalue weighted by atomic mass is 10.2. The third-order valence-electron chi connectivity index (χ3n) is 5.50. The number of aromatic amines is 1. The number of ether oxygens (including phenoxy) is 1. The van der Waals surface area contributed by atoms with E-state index in [0.29, 0.717) is 16.8 Å². The number of carbonyl (C=O) groups excluding carboxylic acids is 3. The van der Waals surface area contributed by atoms with E-state index >= 15 is 0 Å². The number of esters is 1. The molecule has 10 nitrogen and oxygen atoms in total. The summed E-state index contributed by atoms with van der Waals surface area (Å²) in [6, 6.07) is 15.1. The lowest BCUT2D eigenvalue weighted by Crippen LogP contribution is -2.28. The third kappa shape index (κ3) is 5.37. The van der Waals surface area contributed by atoms with Gasteiger partial charge in [0, 0.05) is 11.9 Å². The number of nitrogens with zero attached hydrogens (tertiary/aromatic N) is 3. The molecule has 0 radical (unpaired) electrons. The fourth-order valence-corrected chi connectivity index (χ4v) is 3.65. The highest BCUT2D eigenvalue weighted by Crippen LogP contribution is 2.23. The standard InChI is InChI=1S/C25H26N6O4/c1-15-8-10-18(11-9-15)31-17(3)23(16(2)30-31)27-21(32)14-35-22(33)12-13-26-25(34)24-19-6-4-5-7-20(19)28-29-24/h4-11H,12-14H2,1-3H3,(H,26,34)(H,27,32)(H,28,29). The van der Waals surface area contributed by atoms with Crippen molar-refractivity contribution in [3.8, 4) is 5.69 Å². The number of aromatic nitrogens is 4. The van der Waals surface area contributed by atoms with Crippen LogP contribution in [0, 0.1) is 20.8 Å². The minimum atomic E-state index is -0.601. The third-order valence-corrected chi connectivity index (χ3v) is 5.50. The van der Waals surface area contributed by atoms with E-state index in [0.717, 1.165) is 22.5 Å². The number of carbonyl (C=O) groups is 3. The maximum absolute atomic E-state index is 12.4. The Morgan fingerprint density at radius 2 is 1.77 bits per heavy atom. The average Bonchev–Trinajstić information content (AvgIpc) is 3.40. The average molecular weight is 475 g/mol. The number of hydrogen-bond acceptors (Lipinski definition) is 6. The summed E-state index contributed by atoms with van der Waals surface area (Å²) in [6.45, 7) is 5.28. The van der Waals surface area contributed by atoms with Gasteiger partial charge in [0.2, 0.25) is 0 Å². The molecule has 0 fully saturated rings. The van der Waals surface area contributed by atoms with Crippen molar-refractivity contribution in [2.24, 2.45) is 0 Å². The van der Waals surface area contributed by atoms with Gasteiger partial charge in [0.15, 0.2) is 12.3 Å². The Kier molecular flexibility index (Phi) is 6.91. The van der Waals surface area contributed by atoms with Gasteiger partial charge in [0.25, 0.3) is 11.8 Å². The quantitative estimate of drug-likeness (QED) is 0.337. The normalized spacial score (nSPS) is 10.8. The number of H-pyrrole nitrogens is 1. The minimum absolute atomic E-state index is 0.0575. The zero-order valence-corrected chi connectivity index (χ0v) is 19.7. The van der Waals surface area contributed by atoms with Crippen molar-refractivity contribution in [2.75, 3.05) is 18.5 Å². The van der Waals surface area contributed by atoms with Crippen molar-refractivity contribution in [3.05, 3.63) is 71.2 Å². The Morgan fingerprint density at radius 3 is 2.54 bits per heavy atom. The van der Waals surface area contributed by atoms with Crippen molar-refractivity contribution in [3.63, 3.8) is 0 Å². The summed E-state index contributed by atoms with van der Waals surface area (Å²) in [4.78, 5) is 36.7. The highest BCUT2D eigenvalue weighted by molar-refractivity contribution is 6.04. The predicted molar refractivity (Wildman–Crippen MR) is 130 cm³/mol. The number of rotatable bonds is 8. The van der Waals surface area contributed by atoms with Crippen molar-refractivity contribution < 1.29 is 19.1 Å². The van der Waals surface area contributed by atoms with E-state index in [-0.39, 0.29) is 18.7 Å². The Bertz CT molecular complexity index is 1390. The number of amides is 2. The number of fused-ring (bicyclic) bond motifs is 1. The van der Waals surface area contributed by atoms with Crippen LogP contribution in [0.2, 0.25) is 0 Å². The zero-order chi connectivity index (χ0) is 24.9. The largest absolute Gasteiger partial charge is 0.456 e. The number of benzene rings is 2. The first kappa shape index (κ1) is 23.7. The monoisotopic (exact) mass is 474 g/mol. The number of para-hydroxylation sites is 1. The van der Waals surface area contributed by atoms with Crippen molar-refractivity contribution >= 4 is 34.4 Å². The molecule has 4 aromatic rings. The Hall–Kier alpha value is -4.47. The van der Waals surface area contributed by atoms with Crippen LogP contribution in [0.5, 0.6) is 0 Å². The highest BCUT2D eigenvalue weighted by atomic mass is 16.5. The fourth-order valence-electron chi connectivity index (χ4n) is 3.65. The van der Waals surface area contributed by atoms with E-state index in [4.69, 9.17) is 4.74 Å². The lowest BCUT2D eigenvalue weighted by molar-refractivity contribution is -0.147. The van der Waals surface area contributed by atoms with Crippen LogP contribution < -0.4 is 10.6 Å². The molecule has 2 aromatic heterocycles. The molecule has 4 rings (SSSR count). The summed E-state index contributed by atoms with van der Waals surface area (Å²) in [5.74, 6) is -1.47. The molecule has 0 saturated heterocycles. The van der Waals surface area contributed by atoms with Crippen molar-refractivity contribution in [1.29, 1.82) is 0 Å². The summed E-state index contributed by atoms with van der Waals surface area (Å²) in [7, 11) is 0. The van der Waals surface area contributed by atoms with Crippen LogP contribution in [0.3, 0.4) is 0 Å². The molecule has 0 aliphatic carbocycles. The predicted octanol–water partition coefficient (Wildman–Crippen LogP) is 2.98. The summed E-state index contributed by atoms with van der Waals surface area (Å²) in [5, 5.41) is 17.4. The second-order valence-electron chi connectivity index (χ2n) is 8.13. The molecule has 0 aliphatic rings. The van der Waals surface area contributed by atoms with Crippen LogP contribution in [-0.2, 0) is 14.3 Å². The summed E-state index contributed by atoms with van der Waals surface area (Å²) in [6.07, 6.45) is -0.0786. The van der Waals surface area contributed by atoms with Gasteiger partial charge in [-0.2, -0.15) is 10.2 Å². The number of anilines is 1. The molecule has 2 aromatic carbocycles. The van der Waals surface area contributed by atoms with Gasteiger partial charge >= 0.3 is 5.97 Å². The maximum atomic E-state index is 12.4. The second-order valence-corrected chi connectivity index (χ2v) is 8.13. The van der Waals surface area contributed by atoms with E-state index in [9.17, 15) is 14.4 Å². The highest BCUT2D eigenvalue weighted by Gasteiger charge is 2.17. The number of hydrogen-bond donors (Lipinski definition) is 3. The van der Waals surface area contributed by atoms with Gasteiger partial charge in [0.05, 0.1) is 34.7 Å².